The number of nitrogens with zero attached hydrogens (tertiary/aromatic N) is 5. The van der Waals surface area contributed by atoms with Crippen molar-refractivity contribution >= 4 is 11.8 Å². The summed E-state index contributed by atoms with van der Waals surface area (Å²) in [6, 6.07) is 18.4. The Hall–Kier alpha value is -3.71. The highest BCUT2D eigenvalue weighted by atomic mass is 32.2. The second-order valence-corrected chi connectivity index (χ2v) is 8.89. The van der Waals surface area contributed by atoms with Crippen LogP contribution in [0.5, 0.6) is 0 Å². The molecule has 0 aliphatic carbocycles. The fourth-order valence-electron chi connectivity index (χ4n) is 3.49. The first kappa shape index (κ1) is 21.2. The van der Waals surface area contributed by atoms with Crippen LogP contribution in [0.2, 0.25) is 0 Å². The van der Waals surface area contributed by atoms with Crippen LogP contribution in [0, 0.1) is 20.8 Å². The first-order valence-corrected chi connectivity index (χ1v) is 11.6. The van der Waals surface area contributed by atoms with Crippen LogP contribution in [0.15, 0.2) is 82.8 Å². The van der Waals surface area contributed by atoms with Crippen molar-refractivity contribution in [2.75, 3.05) is 0 Å². The van der Waals surface area contributed by atoms with Crippen LogP contribution >= 0.6 is 11.8 Å². The maximum atomic E-state index is 5.72. The van der Waals surface area contributed by atoms with Gasteiger partial charge in [0.1, 0.15) is 6.26 Å². The van der Waals surface area contributed by atoms with Crippen LogP contribution in [0.4, 0.5) is 0 Å². The topological polar surface area (TPSA) is 69.6 Å². The molecule has 3 aromatic heterocycles. The highest BCUT2D eigenvalue weighted by Crippen LogP contribution is 2.31. The van der Waals surface area contributed by atoms with Crippen LogP contribution in [-0.4, -0.2) is 24.7 Å². The van der Waals surface area contributed by atoms with Crippen molar-refractivity contribution in [1.82, 2.24) is 24.7 Å². The minimum Gasteiger partial charge on any atom is -0.444 e. The number of aromatic nitrogens is 5. The zero-order chi connectivity index (χ0) is 22.8. The van der Waals surface area contributed by atoms with Crippen molar-refractivity contribution in [2.45, 2.75) is 31.7 Å². The summed E-state index contributed by atoms with van der Waals surface area (Å²) in [6.45, 7) is 6.29. The standard InChI is InChI=1S/C26H23N5OS/c1-17-4-7-21(8-5-17)25-28-22(15-32-25)16-33-26-30-29-24(20-10-12-27-13-11-20)31(26)23-9-6-18(2)19(3)14-23/h4-15H,16H2,1-3H3. The van der Waals surface area contributed by atoms with Gasteiger partial charge in [0.15, 0.2) is 11.0 Å². The van der Waals surface area contributed by atoms with Crippen molar-refractivity contribution in [3.8, 4) is 28.5 Å². The van der Waals surface area contributed by atoms with Gasteiger partial charge in [0.05, 0.1) is 11.4 Å². The van der Waals surface area contributed by atoms with E-state index in [1.165, 1.54) is 16.7 Å². The second-order valence-electron chi connectivity index (χ2n) is 7.94. The van der Waals surface area contributed by atoms with Crippen molar-refractivity contribution in [3.05, 3.63) is 95.6 Å². The van der Waals surface area contributed by atoms with Gasteiger partial charge < -0.3 is 4.42 Å². The van der Waals surface area contributed by atoms with E-state index in [1.54, 1.807) is 30.4 Å². The first-order chi connectivity index (χ1) is 16.1. The lowest BCUT2D eigenvalue weighted by atomic mass is 10.1. The average Bonchev–Trinajstić information content (AvgIpc) is 3.48. The molecule has 0 saturated heterocycles. The second kappa shape index (κ2) is 9.03. The first-order valence-electron chi connectivity index (χ1n) is 10.7. The molecule has 5 rings (SSSR count). The molecule has 2 aromatic carbocycles. The molecule has 0 atom stereocenters. The van der Waals surface area contributed by atoms with Crippen molar-refractivity contribution in [3.63, 3.8) is 0 Å². The van der Waals surface area contributed by atoms with Crippen LogP contribution < -0.4 is 0 Å². The van der Waals surface area contributed by atoms with Crippen LogP contribution in [-0.2, 0) is 5.75 Å². The maximum absolute atomic E-state index is 5.72. The van der Waals surface area contributed by atoms with E-state index >= 15 is 0 Å². The van der Waals surface area contributed by atoms with Crippen LogP contribution in [0.3, 0.4) is 0 Å². The van der Waals surface area contributed by atoms with Crippen LogP contribution in [0.1, 0.15) is 22.4 Å². The summed E-state index contributed by atoms with van der Waals surface area (Å²) in [7, 11) is 0. The Morgan fingerprint density at radius 1 is 0.848 bits per heavy atom. The van der Waals surface area contributed by atoms with E-state index < -0.39 is 0 Å². The summed E-state index contributed by atoms with van der Waals surface area (Å²) in [5, 5.41) is 9.81. The lowest BCUT2D eigenvalue weighted by Gasteiger charge is -2.12. The van der Waals surface area contributed by atoms with Gasteiger partial charge in [-0.2, -0.15) is 0 Å². The van der Waals surface area contributed by atoms with Gasteiger partial charge in [0, 0.05) is 29.3 Å². The quantitative estimate of drug-likeness (QED) is 0.285. The van der Waals surface area contributed by atoms with Gasteiger partial charge in [0.25, 0.3) is 0 Å². The van der Waals surface area contributed by atoms with E-state index in [-0.39, 0.29) is 0 Å². The summed E-state index contributed by atoms with van der Waals surface area (Å²) in [5.41, 5.74) is 7.49. The predicted molar refractivity (Wildman–Crippen MR) is 130 cm³/mol. The van der Waals surface area contributed by atoms with Gasteiger partial charge in [-0.25, -0.2) is 4.98 Å². The lowest BCUT2D eigenvalue weighted by molar-refractivity contribution is 0.573. The number of pyridine rings is 1. The number of rotatable bonds is 6. The molecule has 33 heavy (non-hydrogen) atoms. The Labute approximate surface area is 196 Å². The summed E-state index contributed by atoms with van der Waals surface area (Å²) in [5.74, 6) is 2.02. The Balaban J connectivity index is 1.45. The molecule has 0 amide bonds. The molecule has 7 heteroatoms. The van der Waals surface area contributed by atoms with Crippen molar-refractivity contribution in [1.29, 1.82) is 0 Å². The zero-order valence-electron chi connectivity index (χ0n) is 18.7. The summed E-state index contributed by atoms with van der Waals surface area (Å²) >= 11 is 1.58. The van der Waals surface area contributed by atoms with Gasteiger partial charge in [0.2, 0.25) is 5.89 Å². The fourth-order valence-corrected chi connectivity index (χ4v) is 4.32. The van der Waals surface area contributed by atoms with E-state index in [4.69, 9.17) is 4.42 Å². The van der Waals surface area contributed by atoms with Gasteiger partial charge >= 0.3 is 0 Å². The minimum absolute atomic E-state index is 0.620. The molecular formula is C26H23N5OS. The number of benzene rings is 2. The smallest absolute Gasteiger partial charge is 0.226 e. The molecule has 0 fully saturated rings. The number of aryl methyl sites for hydroxylation is 3. The number of hydrogen-bond donors (Lipinski definition) is 0. The third kappa shape index (κ3) is 4.45. The van der Waals surface area contributed by atoms with E-state index in [0.717, 1.165) is 33.5 Å². The van der Waals surface area contributed by atoms with Gasteiger partial charge in [-0.1, -0.05) is 35.5 Å². The molecular weight excluding hydrogens is 430 g/mol. The number of oxazole rings is 1. The van der Waals surface area contributed by atoms with Crippen molar-refractivity contribution < 1.29 is 4.42 Å². The Morgan fingerprint density at radius 3 is 2.39 bits per heavy atom. The number of thioether (sulfide) groups is 1. The Morgan fingerprint density at radius 2 is 1.64 bits per heavy atom. The molecule has 0 radical (unpaired) electrons. The lowest BCUT2D eigenvalue weighted by Crippen LogP contribution is -2.01. The molecule has 5 aromatic rings. The minimum atomic E-state index is 0.620. The largest absolute Gasteiger partial charge is 0.444 e. The normalized spacial score (nSPS) is 11.1. The SMILES string of the molecule is Cc1ccc(-c2nc(CSc3nnc(-c4ccncc4)n3-c3ccc(C)c(C)c3)co2)cc1. The van der Waals surface area contributed by atoms with E-state index in [9.17, 15) is 0 Å². The third-order valence-electron chi connectivity index (χ3n) is 5.52. The third-order valence-corrected chi connectivity index (χ3v) is 6.48. The van der Waals surface area contributed by atoms with Crippen molar-refractivity contribution in [2.24, 2.45) is 0 Å². The molecule has 0 spiro atoms. The number of hydrogen-bond acceptors (Lipinski definition) is 6. The van der Waals surface area contributed by atoms with Gasteiger partial charge in [-0.3, -0.25) is 9.55 Å². The fraction of sp³-hybridized carbons (Fsp3) is 0.154. The molecule has 0 unspecified atom stereocenters. The molecule has 0 aliphatic heterocycles. The molecule has 0 N–H and O–H groups in total. The maximum Gasteiger partial charge on any atom is 0.226 e. The van der Waals surface area contributed by atoms with Crippen LogP contribution in [0.25, 0.3) is 28.5 Å². The molecule has 0 aliphatic rings. The van der Waals surface area contributed by atoms with E-state index in [1.807, 2.05) is 24.3 Å². The molecule has 0 bridgehead atoms. The zero-order valence-corrected chi connectivity index (χ0v) is 19.5. The van der Waals surface area contributed by atoms with Gasteiger partial charge in [-0.05, 0) is 68.3 Å². The highest BCUT2D eigenvalue weighted by Gasteiger charge is 2.17. The Kier molecular flexibility index (Phi) is 5.79. The molecule has 6 nitrogen and oxygen atoms in total. The Bertz CT molecular complexity index is 1390. The molecule has 3 heterocycles. The van der Waals surface area contributed by atoms with E-state index in [0.29, 0.717) is 11.6 Å². The highest BCUT2D eigenvalue weighted by molar-refractivity contribution is 7.98. The monoisotopic (exact) mass is 453 g/mol. The summed E-state index contributed by atoms with van der Waals surface area (Å²) < 4.78 is 7.81. The van der Waals surface area contributed by atoms with Gasteiger partial charge in [-0.15, -0.1) is 10.2 Å². The summed E-state index contributed by atoms with van der Waals surface area (Å²) in [4.78, 5) is 8.80. The molecule has 0 saturated carbocycles. The summed E-state index contributed by atoms with van der Waals surface area (Å²) in [6.07, 6.45) is 5.25. The van der Waals surface area contributed by atoms with E-state index in [2.05, 4.69) is 75.8 Å². The molecule has 164 valence electrons. The average molecular weight is 454 g/mol. The predicted octanol–water partition coefficient (Wildman–Crippen LogP) is 6.20.